The third kappa shape index (κ3) is 3.74. The van der Waals surface area contributed by atoms with Crippen molar-refractivity contribution in [3.8, 4) is 5.75 Å². The van der Waals surface area contributed by atoms with Crippen LogP contribution >= 0.6 is 0 Å². The van der Waals surface area contributed by atoms with Crippen molar-refractivity contribution >= 4 is 0 Å². The molecule has 2 atom stereocenters. The van der Waals surface area contributed by atoms with E-state index in [-0.39, 0.29) is 5.54 Å². The summed E-state index contributed by atoms with van der Waals surface area (Å²) in [7, 11) is 1.71. The lowest BCUT2D eigenvalue weighted by Crippen LogP contribution is -2.62. The summed E-state index contributed by atoms with van der Waals surface area (Å²) < 4.78 is 5.37. The SMILES string of the molecule is CCC1CN(Cc2cc(OC)cc(C)n2)C(C)(CC)CN1. The normalized spacial score (nSPS) is 26.8. The summed E-state index contributed by atoms with van der Waals surface area (Å²) in [5.74, 6) is 0.901. The molecule has 0 aromatic carbocycles. The first-order valence-corrected chi connectivity index (χ1v) is 8.00. The summed E-state index contributed by atoms with van der Waals surface area (Å²) in [5.41, 5.74) is 2.32. The molecular formula is C17H29N3O. The van der Waals surface area contributed by atoms with E-state index in [1.807, 2.05) is 13.0 Å². The number of nitrogens with zero attached hydrogens (tertiary/aromatic N) is 2. The molecule has 0 bridgehead atoms. The first-order valence-electron chi connectivity index (χ1n) is 8.00. The van der Waals surface area contributed by atoms with Gasteiger partial charge in [-0.25, -0.2) is 0 Å². The molecule has 0 radical (unpaired) electrons. The van der Waals surface area contributed by atoms with Crippen LogP contribution in [0.4, 0.5) is 0 Å². The lowest BCUT2D eigenvalue weighted by Gasteiger charge is -2.47. The second-order valence-electron chi connectivity index (χ2n) is 6.36. The van der Waals surface area contributed by atoms with Gasteiger partial charge in [0.15, 0.2) is 0 Å². The minimum Gasteiger partial charge on any atom is -0.497 e. The van der Waals surface area contributed by atoms with Crippen molar-refractivity contribution in [2.75, 3.05) is 20.2 Å². The monoisotopic (exact) mass is 291 g/mol. The molecule has 2 unspecified atom stereocenters. The van der Waals surface area contributed by atoms with Gasteiger partial charge in [0.1, 0.15) is 5.75 Å². The van der Waals surface area contributed by atoms with Gasteiger partial charge >= 0.3 is 0 Å². The van der Waals surface area contributed by atoms with Crippen molar-refractivity contribution in [1.82, 2.24) is 15.2 Å². The fourth-order valence-corrected chi connectivity index (χ4v) is 3.00. The van der Waals surface area contributed by atoms with E-state index in [2.05, 4.69) is 42.0 Å². The summed E-state index contributed by atoms with van der Waals surface area (Å²) in [6.45, 7) is 11.9. The maximum absolute atomic E-state index is 5.37. The summed E-state index contributed by atoms with van der Waals surface area (Å²) in [6, 6.07) is 4.62. The molecule has 0 aliphatic carbocycles. The Balaban J connectivity index is 2.19. The van der Waals surface area contributed by atoms with Crippen LogP contribution in [-0.2, 0) is 6.54 Å². The Morgan fingerprint density at radius 3 is 2.81 bits per heavy atom. The van der Waals surface area contributed by atoms with Gasteiger partial charge in [0.2, 0.25) is 0 Å². The van der Waals surface area contributed by atoms with E-state index < -0.39 is 0 Å². The number of aromatic nitrogens is 1. The molecule has 1 saturated heterocycles. The molecule has 21 heavy (non-hydrogen) atoms. The molecule has 2 heterocycles. The second kappa shape index (κ2) is 6.75. The number of nitrogens with one attached hydrogen (secondary N) is 1. The van der Waals surface area contributed by atoms with Crippen molar-refractivity contribution in [3.63, 3.8) is 0 Å². The van der Waals surface area contributed by atoms with E-state index >= 15 is 0 Å². The molecule has 118 valence electrons. The number of ether oxygens (including phenoxy) is 1. The summed E-state index contributed by atoms with van der Waals surface area (Å²) in [4.78, 5) is 7.27. The maximum atomic E-state index is 5.37. The van der Waals surface area contributed by atoms with Crippen molar-refractivity contribution in [2.24, 2.45) is 0 Å². The zero-order chi connectivity index (χ0) is 15.5. The highest BCUT2D eigenvalue weighted by Gasteiger charge is 2.35. The molecule has 1 aromatic heterocycles. The van der Waals surface area contributed by atoms with Crippen LogP contribution in [0.3, 0.4) is 0 Å². The first kappa shape index (κ1) is 16.2. The van der Waals surface area contributed by atoms with Gasteiger partial charge in [-0.2, -0.15) is 0 Å². The molecule has 1 fully saturated rings. The Labute approximate surface area is 128 Å². The van der Waals surface area contributed by atoms with Crippen molar-refractivity contribution in [1.29, 1.82) is 0 Å². The number of hydrogen-bond donors (Lipinski definition) is 1. The molecule has 1 aromatic rings. The van der Waals surface area contributed by atoms with Crippen LogP contribution in [0.25, 0.3) is 0 Å². The fourth-order valence-electron chi connectivity index (χ4n) is 3.00. The first-order chi connectivity index (χ1) is 10.0. The van der Waals surface area contributed by atoms with Gasteiger partial charge in [0, 0.05) is 49.0 Å². The van der Waals surface area contributed by atoms with Crippen LogP contribution in [0.5, 0.6) is 5.75 Å². The number of piperazine rings is 1. The standard InChI is InChI=1S/C17H29N3O/c1-6-14-10-20(17(4,7-2)12-18-14)11-15-9-16(21-5)8-13(3)19-15/h8-9,14,18H,6-7,10-12H2,1-5H3. The van der Waals surface area contributed by atoms with Crippen molar-refractivity contribution < 1.29 is 4.74 Å². The minimum absolute atomic E-state index is 0.199. The van der Waals surface area contributed by atoms with E-state index in [0.29, 0.717) is 6.04 Å². The molecule has 4 heteroatoms. The van der Waals surface area contributed by atoms with Crippen LogP contribution in [0.15, 0.2) is 12.1 Å². The summed E-state index contributed by atoms with van der Waals surface area (Å²) >= 11 is 0. The Morgan fingerprint density at radius 1 is 1.43 bits per heavy atom. The molecule has 1 aliphatic heterocycles. The molecule has 1 N–H and O–H groups in total. The fraction of sp³-hybridized carbons (Fsp3) is 0.706. The highest BCUT2D eigenvalue weighted by atomic mass is 16.5. The van der Waals surface area contributed by atoms with Gasteiger partial charge in [-0.15, -0.1) is 0 Å². The predicted molar refractivity (Wildman–Crippen MR) is 86.7 cm³/mol. The number of aryl methyl sites for hydroxylation is 1. The smallest absolute Gasteiger partial charge is 0.122 e. The molecule has 0 amide bonds. The van der Waals surface area contributed by atoms with E-state index in [1.54, 1.807) is 7.11 Å². The third-order valence-electron chi connectivity index (χ3n) is 4.80. The third-order valence-corrected chi connectivity index (χ3v) is 4.80. The number of rotatable bonds is 5. The van der Waals surface area contributed by atoms with Crippen LogP contribution in [0.1, 0.15) is 45.0 Å². The van der Waals surface area contributed by atoms with Crippen molar-refractivity contribution in [2.45, 2.75) is 58.7 Å². The van der Waals surface area contributed by atoms with Gasteiger partial charge in [-0.3, -0.25) is 9.88 Å². The topological polar surface area (TPSA) is 37.4 Å². The van der Waals surface area contributed by atoms with E-state index in [9.17, 15) is 0 Å². The van der Waals surface area contributed by atoms with Gasteiger partial charge in [-0.1, -0.05) is 13.8 Å². The van der Waals surface area contributed by atoms with Gasteiger partial charge in [0.05, 0.1) is 12.8 Å². The predicted octanol–water partition coefficient (Wildman–Crippen LogP) is 2.75. The van der Waals surface area contributed by atoms with E-state index in [1.165, 1.54) is 6.42 Å². The average molecular weight is 291 g/mol. The van der Waals surface area contributed by atoms with Crippen LogP contribution in [0.2, 0.25) is 0 Å². The zero-order valence-electron chi connectivity index (χ0n) is 14.1. The van der Waals surface area contributed by atoms with E-state index in [0.717, 1.165) is 43.2 Å². The van der Waals surface area contributed by atoms with Gasteiger partial charge in [-0.05, 0) is 26.7 Å². The zero-order valence-corrected chi connectivity index (χ0v) is 14.1. The second-order valence-corrected chi connectivity index (χ2v) is 6.36. The Hall–Kier alpha value is -1.13. The summed E-state index contributed by atoms with van der Waals surface area (Å²) in [5, 5.41) is 3.67. The summed E-state index contributed by atoms with van der Waals surface area (Å²) in [6.07, 6.45) is 2.31. The number of methoxy groups -OCH3 is 1. The van der Waals surface area contributed by atoms with E-state index in [4.69, 9.17) is 4.74 Å². The maximum Gasteiger partial charge on any atom is 0.122 e. The Morgan fingerprint density at radius 2 is 2.19 bits per heavy atom. The highest BCUT2D eigenvalue weighted by molar-refractivity contribution is 5.26. The average Bonchev–Trinajstić information content (AvgIpc) is 2.49. The molecule has 0 spiro atoms. The number of pyridine rings is 1. The molecular weight excluding hydrogens is 262 g/mol. The highest BCUT2D eigenvalue weighted by Crippen LogP contribution is 2.26. The number of hydrogen-bond acceptors (Lipinski definition) is 4. The van der Waals surface area contributed by atoms with Crippen LogP contribution in [-0.4, -0.2) is 41.7 Å². The Bertz CT molecular complexity index is 477. The molecule has 0 saturated carbocycles. The minimum atomic E-state index is 0.199. The van der Waals surface area contributed by atoms with Gasteiger partial charge < -0.3 is 10.1 Å². The Kier molecular flexibility index (Phi) is 5.22. The molecule has 4 nitrogen and oxygen atoms in total. The quantitative estimate of drug-likeness (QED) is 0.905. The van der Waals surface area contributed by atoms with Gasteiger partial charge in [0.25, 0.3) is 0 Å². The largest absolute Gasteiger partial charge is 0.497 e. The van der Waals surface area contributed by atoms with Crippen LogP contribution in [0, 0.1) is 6.92 Å². The lowest BCUT2D eigenvalue weighted by molar-refractivity contribution is 0.0397. The molecule has 1 aliphatic rings. The van der Waals surface area contributed by atoms with Crippen LogP contribution < -0.4 is 10.1 Å². The lowest BCUT2D eigenvalue weighted by atomic mass is 9.91. The molecule has 2 rings (SSSR count). The van der Waals surface area contributed by atoms with Crippen molar-refractivity contribution in [3.05, 3.63) is 23.5 Å².